The van der Waals surface area contributed by atoms with Crippen molar-refractivity contribution in [2.24, 2.45) is 5.73 Å². The van der Waals surface area contributed by atoms with Crippen LogP contribution in [-0.2, 0) is 11.2 Å². The number of benzene rings is 2. The number of nitrogens with two attached hydrogens (primary N) is 1. The van der Waals surface area contributed by atoms with Gasteiger partial charge < -0.3 is 20.3 Å². The van der Waals surface area contributed by atoms with Gasteiger partial charge in [-0.1, -0.05) is 0 Å². The highest BCUT2D eigenvalue weighted by atomic mass is 16.5. The minimum absolute atomic E-state index is 0.0104. The average molecular weight is 472 g/mol. The van der Waals surface area contributed by atoms with Gasteiger partial charge in [0.15, 0.2) is 5.69 Å². The lowest BCUT2D eigenvalue weighted by atomic mass is 10.0. The summed E-state index contributed by atoms with van der Waals surface area (Å²) in [7, 11) is 1.14. The molecule has 2 aromatic carbocycles. The fraction of sp³-hybridized carbons (Fsp3) is 0.280. The van der Waals surface area contributed by atoms with Gasteiger partial charge in [-0.15, -0.1) is 0 Å². The van der Waals surface area contributed by atoms with E-state index in [1.54, 1.807) is 0 Å². The number of methoxy groups -OCH3 is 1. The van der Waals surface area contributed by atoms with Crippen LogP contribution >= 0.6 is 0 Å². The van der Waals surface area contributed by atoms with Gasteiger partial charge in [-0.3, -0.25) is 14.4 Å². The average Bonchev–Trinajstić information content (AvgIpc) is 3.35. The summed E-state index contributed by atoms with van der Waals surface area (Å²) >= 11 is 0. The van der Waals surface area contributed by atoms with Gasteiger partial charge >= 0.3 is 0 Å². The lowest BCUT2D eigenvalue weighted by Gasteiger charge is -2.29. The standard InChI is InChI=1S/C25H25N5O4/c1-34-19-11-9-18(10-12-19)30-23-20(22(27-30)24(26)32)13-15-29(25(23)33)17-7-5-16(6-8-17)28-14-3-2-4-21(28)31/h5-12H,2-4,13-15H2,1H3,(H2,26,32)/i2D2,3D2,5D,6D,7D,8D,9D,10D,11D,12D. The first kappa shape index (κ1) is 11.8. The molecule has 0 unspecified atom stereocenters. The summed E-state index contributed by atoms with van der Waals surface area (Å²) in [6.45, 7) is -1.20. The number of carbonyl (C=O) groups excluding carboxylic acids is 3. The smallest absolute Gasteiger partial charge is 0.277 e. The molecule has 0 radical (unpaired) electrons. The highest BCUT2D eigenvalue weighted by Crippen LogP contribution is 2.31. The summed E-state index contributed by atoms with van der Waals surface area (Å²) in [5.74, 6) is -3.46. The second-order valence-electron chi connectivity index (χ2n) is 7.25. The monoisotopic (exact) mass is 471 g/mol. The van der Waals surface area contributed by atoms with Crippen LogP contribution in [0.25, 0.3) is 5.69 Å². The normalized spacial score (nSPS) is 23.9. The Hall–Kier alpha value is -4.14. The van der Waals surface area contributed by atoms with E-state index in [9.17, 15) is 14.4 Å². The lowest BCUT2D eigenvalue weighted by Crippen LogP contribution is -2.39. The summed E-state index contributed by atoms with van der Waals surface area (Å²) in [5.41, 5.74) is 2.99. The molecule has 0 bridgehead atoms. The molecule has 174 valence electrons. The number of amides is 3. The van der Waals surface area contributed by atoms with Crippen LogP contribution in [0, 0.1) is 0 Å². The molecule has 3 aromatic rings. The molecule has 34 heavy (non-hydrogen) atoms. The number of aromatic nitrogens is 2. The number of anilines is 2. The molecule has 3 heterocycles. The Morgan fingerprint density at radius 3 is 2.26 bits per heavy atom. The molecule has 1 fully saturated rings. The van der Waals surface area contributed by atoms with Gasteiger partial charge in [0.2, 0.25) is 5.91 Å². The van der Waals surface area contributed by atoms with E-state index >= 15 is 0 Å². The van der Waals surface area contributed by atoms with Crippen LogP contribution in [0.2, 0.25) is 0 Å². The Bertz CT molecular complexity index is 1820. The molecule has 9 heteroatoms. The molecule has 2 aliphatic heterocycles. The first-order valence-electron chi connectivity index (χ1n) is 16.1. The van der Waals surface area contributed by atoms with Crippen LogP contribution in [-0.4, -0.2) is 47.7 Å². The first-order valence-corrected chi connectivity index (χ1v) is 10.1. The predicted molar refractivity (Wildman–Crippen MR) is 127 cm³/mol. The molecule has 0 saturated carbocycles. The Balaban J connectivity index is 1.68. The third-order valence-corrected chi connectivity index (χ3v) is 5.30. The van der Waals surface area contributed by atoms with Gasteiger partial charge in [-0.2, -0.15) is 5.10 Å². The number of rotatable bonds is 5. The molecule has 1 saturated heterocycles. The van der Waals surface area contributed by atoms with Crippen molar-refractivity contribution in [1.82, 2.24) is 9.78 Å². The molecule has 0 aliphatic carbocycles. The van der Waals surface area contributed by atoms with Crippen molar-refractivity contribution in [2.45, 2.75) is 25.6 Å². The van der Waals surface area contributed by atoms with Crippen molar-refractivity contribution in [3.8, 4) is 11.4 Å². The Labute approximate surface area is 213 Å². The zero-order valence-corrected chi connectivity index (χ0v) is 17.8. The van der Waals surface area contributed by atoms with Gasteiger partial charge in [0.1, 0.15) is 11.4 Å². The summed E-state index contributed by atoms with van der Waals surface area (Å²) in [5, 5.41) is 4.06. The number of carbonyl (C=O) groups is 3. The van der Waals surface area contributed by atoms with E-state index in [1.807, 2.05) is 0 Å². The summed E-state index contributed by atoms with van der Waals surface area (Å²) in [6.07, 6.45) is -6.22. The molecular weight excluding hydrogens is 434 g/mol. The zero-order chi connectivity index (χ0) is 34.4. The van der Waals surface area contributed by atoms with Crippen molar-refractivity contribution in [1.29, 1.82) is 0 Å². The summed E-state index contributed by atoms with van der Waals surface area (Å²) < 4.78 is 106. The molecule has 2 aliphatic rings. The Kier molecular flexibility index (Phi) is 3.01. The maximum absolute atomic E-state index is 14.1. The molecule has 0 atom stereocenters. The molecule has 5 rings (SSSR count). The summed E-state index contributed by atoms with van der Waals surface area (Å²) in [4.78, 5) is 40.8. The van der Waals surface area contributed by atoms with Crippen LogP contribution < -0.4 is 20.3 Å². The van der Waals surface area contributed by atoms with E-state index in [0.29, 0.717) is 4.90 Å². The van der Waals surface area contributed by atoms with Crippen LogP contribution in [0.5, 0.6) is 5.75 Å². The van der Waals surface area contributed by atoms with Crippen LogP contribution in [0.1, 0.15) is 62.2 Å². The molecule has 1 aromatic heterocycles. The van der Waals surface area contributed by atoms with E-state index in [4.69, 9.17) is 26.9 Å². The van der Waals surface area contributed by atoms with E-state index in [1.165, 1.54) is 0 Å². The number of primary amides is 1. The van der Waals surface area contributed by atoms with Crippen molar-refractivity contribution < 1.29 is 35.6 Å². The van der Waals surface area contributed by atoms with Crippen LogP contribution in [0.15, 0.2) is 48.3 Å². The number of fused-ring (bicyclic) bond motifs is 1. The fourth-order valence-electron chi connectivity index (χ4n) is 3.67. The minimum Gasteiger partial charge on any atom is -0.497 e. The number of hydrogen-bond donors (Lipinski definition) is 1. The SMILES string of the molecule is [2H]c1c([2H])c(-n2nc(C(N)=O)c3c2C(=O)N(c2c([2H])c([2H])c(N4CC([2H])([2H])C([2H])([2H])CC4=O)c([2H])c2[2H])CC3)c([2H])c([2H])c1OC. The molecule has 0 spiro atoms. The van der Waals surface area contributed by atoms with Gasteiger partial charge in [-0.05, 0) is 67.5 Å². The quantitative estimate of drug-likeness (QED) is 0.615. The van der Waals surface area contributed by atoms with Gasteiger partial charge in [0.05, 0.1) is 23.8 Å². The second kappa shape index (κ2) is 8.66. The maximum atomic E-state index is 14.1. The zero-order valence-electron chi connectivity index (χ0n) is 29.8. The van der Waals surface area contributed by atoms with E-state index in [0.717, 1.165) is 16.7 Å². The third-order valence-electron chi connectivity index (χ3n) is 5.30. The van der Waals surface area contributed by atoms with E-state index in [2.05, 4.69) is 5.10 Å². The van der Waals surface area contributed by atoms with Gasteiger partial charge in [-0.25, -0.2) is 4.68 Å². The first-order chi connectivity index (χ1) is 21.3. The largest absolute Gasteiger partial charge is 0.497 e. The number of piperidine rings is 1. The van der Waals surface area contributed by atoms with Crippen LogP contribution in [0.4, 0.5) is 11.4 Å². The molecule has 3 amide bonds. The third kappa shape index (κ3) is 3.68. The lowest BCUT2D eigenvalue weighted by molar-refractivity contribution is -0.119. The topological polar surface area (TPSA) is 111 Å². The van der Waals surface area contributed by atoms with E-state index in [-0.39, 0.29) is 24.3 Å². The number of ether oxygens (including phenoxy) is 1. The Morgan fingerprint density at radius 2 is 1.62 bits per heavy atom. The number of hydrogen-bond acceptors (Lipinski definition) is 5. The Morgan fingerprint density at radius 1 is 0.971 bits per heavy atom. The van der Waals surface area contributed by atoms with Crippen molar-refractivity contribution in [2.75, 3.05) is 30.0 Å². The van der Waals surface area contributed by atoms with Crippen molar-refractivity contribution >= 4 is 29.1 Å². The maximum Gasteiger partial charge on any atom is 0.277 e. The van der Waals surface area contributed by atoms with E-state index < -0.39 is 120 Å². The minimum atomic E-state index is -2.59. The highest BCUT2D eigenvalue weighted by molar-refractivity contribution is 6.09. The molecular formula is C25H25N5O4. The predicted octanol–water partition coefficient (Wildman–Crippen LogP) is 2.70. The highest BCUT2D eigenvalue weighted by Gasteiger charge is 2.34. The van der Waals surface area contributed by atoms with Gasteiger partial charge in [0, 0.05) is 41.9 Å². The fourth-order valence-corrected chi connectivity index (χ4v) is 3.67. The molecule has 9 nitrogen and oxygen atoms in total. The molecule has 2 N–H and O–H groups in total. The van der Waals surface area contributed by atoms with Crippen molar-refractivity contribution in [3.05, 3.63) is 65.3 Å². The number of nitrogens with zero attached hydrogens (tertiary/aromatic N) is 4. The summed E-state index contributed by atoms with van der Waals surface area (Å²) in [6, 6.07) is -5.74. The van der Waals surface area contributed by atoms with Crippen molar-refractivity contribution in [3.63, 3.8) is 0 Å². The van der Waals surface area contributed by atoms with Crippen LogP contribution in [0.3, 0.4) is 0 Å². The van der Waals surface area contributed by atoms with Gasteiger partial charge in [0.25, 0.3) is 11.8 Å². The second-order valence-corrected chi connectivity index (χ2v) is 7.25.